The van der Waals surface area contributed by atoms with Crippen LogP contribution in [0.25, 0.3) is 6.08 Å². The van der Waals surface area contributed by atoms with E-state index in [4.69, 9.17) is 16.3 Å². The van der Waals surface area contributed by atoms with Crippen LogP contribution in [0, 0.1) is 13.8 Å². The Kier molecular flexibility index (Phi) is 3.06. The van der Waals surface area contributed by atoms with Crippen LogP contribution in [-0.2, 0) is 0 Å². The minimum absolute atomic E-state index is 0.184. The molecule has 2 heterocycles. The molecule has 0 saturated heterocycles. The average Bonchev–Trinajstić information content (AvgIpc) is 2.68. The third-order valence-corrected chi connectivity index (χ3v) is 4.08. The number of aliphatic imine (C=N–C) groups is 1. The maximum Gasteiger partial charge on any atom is 0.210 e. The van der Waals surface area contributed by atoms with E-state index in [1.165, 1.54) is 6.07 Å². The van der Waals surface area contributed by atoms with Crippen molar-refractivity contribution in [2.75, 3.05) is 0 Å². The second kappa shape index (κ2) is 4.99. The molecule has 1 unspecified atom stereocenters. The third-order valence-electron chi connectivity index (χ3n) is 3.90. The molecule has 4 rings (SSSR count). The molecular weight excluding hydrogens is 314 g/mol. The molecule has 114 valence electrons. The highest BCUT2D eigenvalue weighted by molar-refractivity contribution is 6.30. The number of Topliss-reactive ketones (excluding diaryl/α,β-unsaturated/α-hetero) is 1. The highest BCUT2D eigenvalue weighted by Crippen LogP contribution is 2.38. The number of benzene rings is 1. The number of aromatic nitrogens is 2. The van der Waals surface area contributed by atoms with Crippen LogP contribution in [0.4, 0.5) is 5.69 Å². The Morgan fingerprint density at radius 1 is 1.17 bits per heavy atom. The molecule has 6 heteroatoms. The van der Waals surface area contributed by atoms with Gasteiger partial charge in [-0.3, -0.25) is 9.79 Å². The lowest BCUT2D eigenvalue weighted by Crippen LogP contribution is -2.33. The molecule has 5 nitrogen and oxygen atoms in total. The molecule has 1 aliphatic heterocycles. The van der Waals surface area contributed by atoms with Gasteiger partial charge in [-0.2, -0.15) is 0 Å². The van der Waals surface area contributed by atoms with Crippen LogP contribution in [-0.4, -0.2) is 28.3 Å². The zero-order valence-electron chi connectivity index (χ0n) is 12.5. The van der Waals surface area contributed by atoms with Gasteiger partial charge in [0.05, 0.1) is 11.3 Å². The molecule has 23 heavy (non-hydrogen) atoms. The minimum Gasteiger partial charge on any atom is -0.475 e. The average molecular weight is 326 g/mol. The topological polar surface area (TPSA) is 64.4 Å². The second-order valence-electron chi connectivity index (χ2n) is 5.66. The zero-order valence-corrected chi connectivity index (χ0v) is 13.3. The van der Waals surface area contributed by atoms with Crippen LogP contribution in [0.15, 0.2) is 28.8 Å². The van der Waals surface area contributed by atoms with Gasteiger partial charge < -0.3 is 4.74 Å². The van der Waals surface area contributed by atoms with Gasteiger partial charge in [0.25, 0.3) is 0 Å². The van der Waals surface area contributed by atoms with E-state index in [2.05, 4.69) is 15.2 Å². The molecule has 0 radical (unpaired) electrons. The Labute approximate surface area is 137 Å². The molecule has 2 aliphatic rings. The van der Waals surface area contributed by atoms with Gasteiger partial charge in [-0.25, -0.2) is 0 Å². The van der Waals surface area contributed by atoms with Gasteiger partial charge in [0.1, 0.15) is 11.4 Å². The van der Waals surface area contributed by atoms with Crippen molar-refractivity contribution in [1.29, 1.82) is 0 Å². The van der Waals surface area contributed by atoms with Gasteiger partial charge >= 0.3 is 0 Å². The fourth-order valence-electron chi connectivity index (χ4n) is 2.88. The largest absolute Gasteiger partial charge is 0.475 e. The van der Waals surface area contributed by atoms with Gasteiger partial charge in [-0.15, -0.1) is 10.2 Å². The number of nitrogens with zero attached hydrogens (tertiary/aromatic N) is 3. The number of aryl methyl sites for hydroxylation is 2. The van der Waals surface area contributed by atoms with Crippen molar-refractivity contribution in [2.45, 2.75) is 20.0 Å². The summed E-state index contributed by atoms with van der Waals surface area (Å²) in [5, 5.41) is 7.95. The van der Waals surface area contributed by atoms with Gasteiger partial charge in [0.2, 0.25) is 5.78 Å². The van der Waals surface area contributed by atoms with Crippen LogP contribution in [0.2, 0.25) is 5.15 Å². The van der Waals surface area contributed by atoms with E-state index in [0.29, 0.717) is 22.6 Å². The standard InChI is InChI=1S/C17H12ClN3O2/c1-8-3-9(2)15-13(4-8)23-17-10(7-19-15)5-12-11(16(17)22)6-14(18)21-20-12/h3-7,17H,1-2H3. The summed E-state index contributed by atoms with van der Waals surface area (Å²) in [7, 11) is 0. The number of carbonyl (C=O) groups excluding carboxylic acids is 1. The highest BCUT2D eigenvalue weighted by atomic mass is 35.5. The van der Waals surface area contributed by atoms with E-state index in [9.17, 15) is 4.79 Å². The first-order valence-electron chi connectivity index (χ1n) is 7.14. The fourth-order valence-corrected chi connectivity index (χ4v) is 3.02. The number of fused-ring (bicyclic) bond motifs is 3. The van der Waals surface area contributed by atoms with Gasteiger partial charge in [-0.05, 0) is 43.2 Å². The number of carbonyl (C=O) groups is 1. The number of hydrogen-bond acceptors (Lipinski definition) is 5. The van der Waals surface area contributed by atoms with Gasteiger partial charge in [0.15, 0.2) is 11.3 Å². The quantitative estimate of drug-likeness (QED) is 0.743. The van der Waals surface area contributed by atoms with Crippen molar-refractivity contribution in [3.05, 3.63) is 51.3 Å². The van der Waals surface area contributed by atoms with Gasteiger partial charge in [-0.1, -0.05) is 17.7 Å². The lowest BCUT2D eigenvalue weighted by molar-refractivity contribution is 0.0844. The van der Waals surface area contributed by atoms with E-state index >= 15 is 0 Å². The maximum absolute atomic E-state index is 12.8. The summed E-state index contributed by atoms with van der Waals surface area (Å²) in [5.41, 5.74) is 4.36. The minimum atomic E-state index is -0.742. The van der Waals surface area contributed by atoms with Crippen molar-refractivity contribution >= 4 is 35.4 Å². The third kappa shape index (κ3) is 2.24. The number of ether oxygens (including phenoxy) is 1. The summed E-state index contributed by atoms with van der Waals surface area (Å²) in [5.74, 6) is 0.421. The van der Waals surface area contributed by atoms with Crippen LogP contribution >= 0.6 is 11.6 Å². The molecule has 1 aromatic carbocycles. The van der Waals surface area contributed by atoms with Crippen LogP contribution in [0.5, 0.6) is 5.75 Å². The molecular formula is C17H12ClN3O2. The van der Waals surface area contributed by atoms with E-state index in [1.807, 2.05) is 26.0 Å². The van der Waals surface area contributed by atoms with Crippen molar-refractivity contribution in [2.24, 2.45) is 4.99 Å². The van der Waals surface area contributed by atoms with Crippen LogP contribution in [0.1, 0.15) is 27.2 Å². The fraction of sp³-hybridized carbons (Fsp3) is 0.176. The number of halogens is 1. The molecule has 1 aliphatic carbocycles. The Morgan fingerprint density at radius 3 is 2.83 bits per heavy atom. The maximum atomic E-state index is 12.8. The Morgan fingerprint density at radius 2 is 2.00 bits per heavy atom. The summed E-state index contributed by atoms with van der Waals surface area (Å²) in [6.45, 7) is 3.95. The van der Waals surface area contributed by atoms with Gasteiger partial charge in [0, 0.05) is 11.8 Å². The number of hydrogen-bond donors (Lipinski definition) is 0. The molecule has 0 fully saturated rings. The molecule has 2 aromatic rings. The molecule has 0 N–H and O–H groups in total. The highest BCUT2D eigenvalue weighted by Gasteiger charge is 2.34. The van der Waals surface area contributed by atoms with E-state index in [-0.39, 0.29) is 10.9 Å². The monoisotopic (exact) mass is 325 g/mol. The molecule has 1 atom stereocenters. The number of rotatable bonds is 0. The zero-order chi connectivity index (χ0) is 16.1. The Hall–Kier alpha value is -2.53. The lowest BCUT2D eigenvalue weighted by Gasteiger charge is -2.22. The molecule has 1 aromatic heterocycles. The summed E-state index contributed by atoms with van der Waals surface area (Å²) < 4.78 is 6.00. The predicted octanol–water partition coefficient (Wildman–Crippen LogP) is 3.49. The number of ketones is 1. The molecule has 0 bridgehead atoms. The first-order valence-corrected chi connectivity index (χ1v) is 7.52. The second-order valence-corrected chi connectivity index (χ2v) is 6.05. The lowest BCUT2D eigenvalue weighted by atomic mass is 9.93. The summed E-state index contributed by atoms with van der Waals surface area (Å²) in [6.07, 6.45) is 2.69. The first kappa shape index (κ1) is 14.1. The van der Waals surface area contributed by atoms with E-state index in [0.717, 1.165) is 16.8 Å². The molecule has 0 saturated carbocycles. The van der Waals surface area contributed by atoms with E-state index < -0.39 is 6.10 Å². The predicted molar refractivity (Wildman–Crippen MR) is 87.8 cm³/mol. The molecule has 0 spiro atoms. The van der Waals surface area contributed by atoms with Crippen LogP contribution in [0.3, 0.4) is 0 Å². The van der Waals surface area contributed by atoms with Crippen molar-refractivity contribution < 1.29 is 9.53 Å². The smallest absolute Gasteiger partial charge is 0.210 e. The first-order chi connectivity index (χ1) is 11.0. The van der Waals surface area contributed by atoms with Crippen LogP contribution < -0.4 is 4.74 Å². The van der Waals surface area contributed by atoms with Crippen molar-refractivity contribution in [3.8, 4) is 5.75 Å². The van der Waals surface area contributed by atoms with Crippen molar-refractivity contribution in [3.63, 3.8) is 0 Å². The summed E-state index contributed by atoms with van der Waals surface area (Å²) in [4.78, 5) is 17.3. The normalized spacial score (nSPS) is 18.3. The molecule has 0 amide bonds. The SMILES string of the molecule is Cc1cc(C)c2c(c1)OC1C(=O)c3cc(Cl)nnc3C=C1C=N2. The Balaban J connectivity index is 1.87. The Bertz CT molecular complexity index is 918. The summed E-state index contributed by atoms with van der Waals surface area (Å²) in [6, 6.07) is 5.45. The van der Waals surface area contributed by atoms with Crippen molar-refractivity contribution in [1.82, 2.24) is 10.2 Å². The van der Waals surface area contributed by atoms with E-state index in [1.54, 1.807) is 12.3 Å². The summed E-state index contributed by atoms with van der Waals surface area (Å²) >= 11 is 5.86.